The minimum Gasteiger partial charge on any atom is -0.365 e. The van der Waals surface area contributed by atoms with E-state index in [9.17, 15) is 0 Å². The zero-order valence-corrected chi connectivity index (χ0v) is 8.07. The molecule has 0 unspecified atom stereocenters. The van der Waals surface area contributed by atoms with E-state index in [1.807, 2.05) is 30.3 Å². The smallest absolute Gasteiger partial charge is 0.0999 e. The molecule has 1 fully saturated rings. The normalized spacial score (nSPS) is 16.3. The van der Waals surface area contributed by atoms with Gasteiger partial charge in [-0.05, 0) is 12.1 Å². The van der Waals surface area contributed by atoms with E-state index in [0.717, 1.165) is 32.0 Å². The van der Waals surface area contributed by atoms with Crippen molar-refractivity contribution in [3.63, 3.8) is 0 Å². The molecule has 1 heterocycles. The highest BCUT2D eigenvalue weighted by molar-refractivity contribution is 5.33. The SMILES string of the molecule is C(#Cc1ccccc1)CN1CCOC1. The molecular formula is C12H13NO. The highest BCUT2D eigenvalue weighted by Gasteiger charge is 2.08. The fourth-order valence-electron chi connectivity index (χ4n) is 1.35. The van der Waals surface area contributed by atoms with E-state index in [1.165, 1.54) is 0 Å². The monoisotopic (exact) mass is 187 g/mol. The van der Waals surface area contributed by atoms with Gasteiger partial charge in [-0.25, -0.2) is 0 Å². The molecule has 0 spiro atoms. The van der Waals surface area contributed by atoms with E-state index in [2.05, 4.69) is 16.7 Å². The van der Waals surface area contributed by atoms with Crippen molar-refractivity contribution in [2.45, 2.75) is 0 Å². The minimum atomic E-state index is 0.726. The van der Waals surface area contributed by atoms with Crippen LogP contribution in [0.15, 0.2) is 30.3 Å². The largest absolute Gasteiger partial charge is 0.365 e. The van der Waals surface area contributed by atoms with Gasteiger partial charge in [0.05, 0.1) is 19.9 Å². The number of nitrogens with zero attached hydrogens (tertiary/aromatic N) is 1. The maximum absolute atomic E-state index is 5.22. The lowest BCUT2D eigenvalue weighted by Crippen LogP contribution is -2.19. The molecule has 0 amide bonds. The van der Waals surface area contributed by atoms with Gasteiger partial charge >= 0.3 is 0 Å². The van der Waals surface area contributed by atoms with Gasteiger partial charge in [-0.2, -0.15) is 0 Å². The summed E-state index contributed by atoms with van der Waals surface area (Å²) in [7, 11) is 0. The first-order valence-electron chi connectivity index (χ1n) is 4.79. The van der Waals surface area contributed by atoms with E-state index in [4.69, 9.17) is 4.74 Å². The molecule has 0 aliphatic carbocycles. The summed E-state index contributed by atoms with van der Waals surface area (Å²) in [6.07, 6.45) is 0. The summed E-state index contributed by atoms with van der Waals surface area (Å²) in [4.78, 5) is 2.19. The number of hydrogen-bond acceptors (Lipinski definition) is 2. The van der Waals surface area contributed by atoms with E-state index in [-0.39, 0.29) is 0 Å². The van der Waals surface area contributed by atoms with Crippen molar-refractivity contribution in [3.8, 4) is 11.8 Å². The third-order valence-electron chi connectivity index (χ3n) is 2.13. The van der Waals surface area contributed by atoms with Crippen LogP contribution in [0.4, 0.5) is 0 Å². The second kappa shape index (κ2) is 4.80. The molecule has 1 aliphatic heterocycles. The Hall–Kier alpha value is -1.30. The topological polar surface area (TPSA) is 12.5 Å². The van der Waals surface area contributed by atoms with Gasteiger partial charge in [0.25, 0.3) is 0 Å². The third kappa shape index (κ3) is 2.59. The summed E-state index contributed by atoms with van der Waals surface area (Å²) in [6.45, 7) is 3.37. The maximum Gasteiger partial charge on any atom is 0.0999 e. The van der Waals surface area contributed by atoms with Crippen LogP contribution in [-0.4, -0.2) is 31.3 Å². The number of benzene rings is 1. The molecule has 0 bridgehead atoms. The zero-order chi connectivity index (χ0) is 9.64. The number of hydrogen-bond donors (Lipinski definition) is 0. The van der Waals surface area contributed by atoms with Crippen LogP contribution >= 0.6 is 0 Å². The zero-order valence-electron chi connectivity index (χ0n) is 8.07. The van der Waals surface area contributed by atoms with Crippen LogP contribution in [0.1, 0.15) is 5.56 Å². The van der Waals surface area contributed by atoms with Gasteiger partial charge in [-0.15, -0.1) is 0 Å². The van der Waals surface area contributed by atoms with Crippen LogP contribution in [0.3, 0.4) is 0 Å². The predicted octanol–water partition coefficient (Wildman–Crippen LogP) is 1.33. The molecule has 1 aromatic carbocycles. The number of rotatable bonds is 1. The fourth-order valence-corrected chi connectivity index (χ4v) is 1.35. The molecule has 14 heavy (non-hydrogen) atoms. The van der Waals surface area contributed by atoms with Crippen molar-refractivity contribution in [1.29, 1.82) is 0 Å². The molecule has 1 saturated heterocycles. The van der Waals surface area contributed by atoms with Crippen LogP contribution < -0.4 is 0 Å². The Morgan fingerprint density at radius 2 is 2.14 bits per heavy atom. The first kappa shape index (κ1) is 9.26. The van der Waals surface area contributed by atoms with Crippen molar-refractivity contribution >= 4 is 0 Å². The van der Waals surface area contributed by atoms with Crippen LogP contribution in [-0.2, 0) is 4.74 Å². The molecule has 72 valence electrons. The average molecular weight is 187 g/mol. The Morgan fingerprint density at radius 1 is 1.29 bits per heavy atom. The third-order valence-corrected chi connectivity index (χ3v) is 2.13. The molecule has 1 aliphatic rings. The Kier molecular flexibility index (Phi) is 3.18. The molecule has 1 aromatic rings. The molecule has 0 N–H and O–H groups in total. The molecular weight excluding hydrogens is 174 g/mol. The quantitative estimate of drug-likeness (QED) is 0.615. The van der Waals surface area contributed by atoms with Crippen molar-refractivity contribution in [2.75, 3.05) is 26.4 Å². The Labute approximate surface area is 84.5 Å². The summed E-state index contributed by atoms with van der Waals surface area (Å²) < 4.78 is 5.22. The standard InChI is InChI=1S/C12H13NO/c1-2-5-12(6-3-1)7-4-8-13-9-10-14-11-13/h1-3,5-6H,8-11H2. The summed E-state index contributed by atoms with van der Waals surface area (Å²) in [5.41, 5.74) is 1.08. The summed E-state index contributed by atoms with van der Waals surface area (Å²) in [5, 5.41) is 0. The average Bonchev–Trinajstić information content (AvgIpc) is 2.72. The molecule has 0 atom stereocenters. The van der Waals surface area contributed by atoms with E-state index >= 15 is 0 Å². The van der Waals surface area contributed by atoms with Gasteiger partial charge < -0.3 is 4.74 Å². The van der Waals surface area contributed by atoms with E-state index in [0.29, 0.717) is 0 Å². The van der Waals surface area contributed by atoms with Gasteiger partial charge in [0, 0.05) is 12.1 Å². The highest BCUT2D eigenvalue weighted by Crippen LogP contribution is 1.98. The second-order valence-corrected chi connectivity index (χ2v) is 3.26. The Bertz CT molecular complexity index is 330. The summed E-state index contributed by atoms with van der Waals surface area (Å²) in [6, 6.07) is 10.0. The van der Waals surface area contributed by atoms with Crippen molar-refractivity contribution in [1.82, 2.24) is 4.90 Å². The lowest BCUT2D eigenvalue weighted by Gasteiger charge is -2.05. The van der Waals surface area contributed by atoms with Crippen LogP contribution in [0.25, 0.3) is 0 Å². The van der Waals surface area contributed by atoms with Gasteiger partial charge in [0.1, 0.15) is 0 Å². The summed E-state index contributed by atoms with van der Waals surface area (Å²) in [5.74, 6) is 6.26. The second-order valence-electron chi connectivity index (χ2n) is 3.26. The molecule has 2 heteroatoms. The molecule has 2 rings (SSSR count). The Balaban J connectivity index is 1.87. The molecule has 0 aromatic heterocycles. The lowest BCUT2D eigenvalue weighted by molar-refractivity contribution is 0.148. The highest BCUT2D eigenvalue weighted by atomic mass is 16.5. The summed E-state index contributed by atoms with van der Waals surface area (Å²) >= 11 is 0. The van der Waals surface area contributed by atoms with Crippen LogP contribution in [0.2, 0.25) is 0 Å². The fraction of sp³-hybridized carbons (Fsp3) is 0.333. The van der Waals surface area contributed by atoms with Gasteiger partial charge in [-0.3, -0.25) is 4.90 Å². The first-order valence-corrected chi connectivity index (χ1v) is 4.79. The minimum absolute atomic E-state index is 0.726. The van der Waals surface area contributed by atoms with E-state index in [1.54, 1.807) is 0 Å². The lowest BCUT2D eigenvalue weighted by atomic mass is 10.2. The van der Waals surface area contributed by atoms with Gasteiger partial charge in [0.2, 0.25) is 0 Å². The Morgan fingerprint density at radius 3 is 2.86 bits per heavy atom. The first-order chi connectivity index (χ1) is 6.95. The van der Waals surface area contributed by atoms with E-state index < -0.39 is 0 Å². The van der Waals surface area contributed by atoms with Crippen molar-refractivity contribution in [2.24, 2.45) is 0 Å². The van der Waals surface area contributed by atoms with Crippen LogP contribution in [0, 0.1) is 11.8 Å². The molecule has 0 radical (unpaired) electrons. The molecule has 2 nitrogen and oxygen atoms in total. The predicted molar refractivity (Wildman–Crippen MR) is 55.7 cm³/mol. The maximum atomic E-state index is 5.22. The van der Waals surface area contributed by atoms with Crippen LogP contribution in [0.5, 0.6) is 0 Å². The molecule has 0 saturated carbocycles. The number of ether oxygens (including phenoxy) is 1. The van der Waals surface area contributed by atoms with Gasteiger partial charge in [0.15, 0.2) is 0 Å². The van der Waals surface area contributed by atoms with Crippen molar-refractivity contribution < 1.29 is 4.74 Å². The van der Waals surface area contributed by atoms with Crippen molar-refractivity contribution in [3.05, 3.63) is 35.9 Å². The van der Waals surface area contributed by atoms with Gasteiger partial charge in [-0.1, -0.05) is 30.0 Å².